The Hall–Kier alpha value is -1.15. The number of aryl methyl sites for hydroxylation is 2. The van der Waals surface area contributed by atoms with Crippen LogP contribution in [0.5, 0.6) is 0 Å². The standard InChI is InChI=1S/C13H14O2/c14-7-13(8-15-9-13)12-5-4-10-2-1-3-11(10)6-12/h4-7H,1-3,8-9H2. The second kappa shape index (κ2) is 3.17. The molecule has 3 rings (SSSR count). The van der Waals surface area contributed by atoms with E-state index >= 15 is 0 Å². The zero-order valence-corrected chi connectivity index (χ0v) is 8.66. The summed E-state index contributed by atoms with van der Waals surface area (Å²) in [7, 11) is 0. The Morgan fingerprint density at radius 1 is 1.20 bits per heavy atom. The Labute approximate surface area is 89.2 Å². The van der Waals surface area contributed by atoms with Crippen LogP contribution in [0.4, 0.5) is 0 Å². The van der Waals surface area contributed by atoms with Crippen LogP contribution in [0.2, 0.25) is 0 Å². The lowest BCUT2D eigenvalue weighted by molar-refractivity contribution is -0.129. The summed E-state index contributed by atoms with van der Waals surface area (Å²) in [6.07, 6.45) is 4.66. The third-order valence-electron chi connectivity index (χ3n) is 3.62. The fraction of sp³-hybridized carbons (Fsp3) is 0.462. The van der Waals surface area contributed by atoms with Crippen molar-refractivity contribution >= 4 is 6.29 Å². The second-order valence-electron chi connectivity index (χ2n) is 4.60. The summed E-state index contributed by atoms with van der Waals surface area (Å²) in [5, 5.41) is 0. The Bertz CT molecular complexity index is 405. The molecular weight excluding hydrogens is 188 g/mol. The van der Waals surface area contributed by atoms with Gasteiger partial charge in [0.25, 0.3) is 0 Å². The lowest BCUT2D eigenvalue weighted by Crippen LogP contribution is -2.48. The van der Waals surface area contributed by atoms with Gasteiger partial charge in [-0.15, -0.1) is 0 Å². The smallest absolute Gasteiger partial charge is 0.135 e. The third kappa shape index (κ3) is 1.25. The van der Waals surface area contributed by atoms with Gasteiger partial charge in [0.2, 0.25) is 0 Å². The first-order valence-electron chi connectivity index (χ1n) is 5.50. The van der Waals surface area contributed by atoms with Crippen LogP contribution in [0.25, 0.3) is 0 Å². The highest BCUT2D eigenvalue weighted by Gasteiger charge is 2.40. The zero-order chi connectivity index (χ0) is 10.3. The van der Waals surface area contributed by atoms with Crippen molar-refractivity contribution in [3.63, 3.8) is 0 Å². The molecule has 78 valence electrons. The molecule has 0 saturated carbocycles. The zero-order valence-electron chi connectivity index (χ0n) is 8.66. The lowest BCUT2D eigenvalue weighted by Gasteiger charge is -2.37. The first-order valence-corrected chi connectivity index (χ1v) is 5.50. The number of hydrogen-bond acceptors (Lipinski definition) is 2. The molecule has 2 aliphatic rings. The molecule has 1 aliphatic carbocycles. The van der Waals surface area contributed by atoms with Gasteiger partial charge in [-0.1, -0.05) is 18.2 Å². The summed E-state index contributed by atoms with van der Waals surface area (Å²) in [6.45, 7) is 1.10. The summed E-state index contributed by atoms with van der Waals surface area (Å²) in [5.41, 5.74) is 3.70. The second-order valence-corrected chi connectivity index (χ2v) is 4.60. The van der Waals surface area contributed by atoms with E-state index in [0.717, 1.165) is 11.8 Å². The van der Waals surface area contributed by atoms with Gasteiger partial charge in [-0.3, -0.25) is 0 Å². The molecule has 0 spiro atoms. The SMILES string of the molecule is O=CC1(c2ccc3c(c2)CCC3)COC1. The predicted octanol–water partition coefficient (Wildman–Crippen LogP) is 1.64. The van der Waals surface area contributed by atoms with E-state index in [9.17, 15) is 4.79 Å². The molecule has 1 fully saturated rings. The average molecular weight is 202 g/mol. The maximum atomic E-state index is 11.1. The summed E-state index contributed by atoms with van der Waals surface area (Å²) < 4.78 is 5.17. The number of aldehydes is 1. The molecule has 1 aliphatic heterocycles. The van der Waals surface area contributed by atoms with E-state index in [0.29, 0.717) is 13.2 Å². The minimum atomic E-state index is -0.336. The van der Waals surface area contributed by atoms with Crippen LogP contribution in [0.1, 0.15) is 23.1 Å². The van der Waals surface area contributed by atoms with Gasteiger partial charge in [-0.2, -0.15) is 0 Å². The van der Waals surface area contributed by atoms with Crippen LogP contribution in [-0.2, 0) is 27.8 Å². The lowest BCUT2D eigenvalue weighted by atomic mass is 9.79. The van der Waals surface area contributed by atoms with E-state index in [4.69, 9.17) is 4.74 Å². The number of hydrogen-bond donors (Lipinski definition) is 0. The van der Waals surface area contributed by atoms with Gasteiger partial charge in [-0.05, 0) is 36.0 Å². The normalized spacial score (nSPS) is 21.9. The maximum absolute atomic E-state index is 11.1. The molecule has 0 N–H and O–H groups in total. The minimum absolute atomic E-state index is 0.336. The quantitative estimate of drug-likeness (QED) is 0.681. The number of carbonyl (C=O) groups excluding carboxylic acids is 1. The van der Waals surface area contributed by atoms with Crippen LogP contribution in [0.3, 0.4) is 0 Å². The highest BCUT2D eigenvalue weighted by Crippen LogP contribution is 2.33. The molecule has 0 unspecified atom stereocenters. The fourth-order valence-corrected chi connectivity index (χ4v) is 2.51. The molecule has 15 heavy (non-hydrogen) atoms. The van der Waals surface area contributed by atoms with Crippen LogP contribution in [0.15, 0.2) is 18.2 Å². The Morgan fingerprint density at radius 3 is 2.67 bits per heavy atom. The van der Waals surface area contributed by atoms with Crippen molar-refractivity contribution in [3.8, 4) is 0 Å². The average Bonchev–Trinajstić information content (AvgIpc) is 2.64. The molecule has 0 aromatic heterocycles. The van der Waals surface area contributed by atoms with Crippen molar-refractivity contribution < 1.29 is 9.53 Å². The number of carbonyl (C=O) groups is 1. The van der Waals surface area contributed by atoms with Gasteiger partial charge < -0.3 is 9.53 Å². The third-order valence-corrected chi connectivity index (χ3v) is 3.62. The molecule has 0 radical (unpaired) electrons. The molecular formula is C13H14O2. The Balaban J connectivity index is 2.02. The van der Waals surface area contributed by atoms with Crippen LogP contribution >= 0.6 is 0 Å². The minimum Gasteiger partial charge on any atom is -0.379 e. The van der Waals surface area contributed by atoms with Gasteiger partial charge >= 0.3 is 0 Å². The molecule has 1 saturated heterocycles. The molecule has 0 bridgehead atoms. The van der Waals surface area contributed by atoms with Crippen LogP contribution < -0.4 is 0 Å². The number of rotatable bonds is 2. The molecule has 1 heterocycles. The molecule has 1 aromatic rings. The van der Waals surface area contributed by atoms with E-state index in [1.165, 1.54) is 30.4 Å². The van der Waals surface area contributed by atoms with Crippen LogP contribution in [-0.4, -0.2) is 19.5 Å². The molecule has 2 heteroatoms. The summed E-state index contributed by atoms with van der Waals surface area (Å²) >= 11 is 0. The van der Waals surface area contributed by atoms with Crippen molar-refractivity contribution in [2.75, 3.05) is 13.2 Å². The van der Waals surface area contributed by atoms with E-state index in [1.807, 2.05) is 0 Å². The number of fused-ring (bicyclic) bond motifs is 1. The Morgan fingerprint density at radius 2 is 2.00 bits per heavy atom. The van der Waals surface area contributed by atoms with E-state index in [1.54, 1.807) is 0 Å². The largest absolute Gasteiger partial charge is 0.379 e. The van der Waals surface area contributed by atoms with Crippen molar-refractivity contribution in [3.05, 3.63) is 34.9 Å². The number of benzene rings is 1. The van der Waals surface area contributed by atoms with E-state index in [2.05, 4.69) is 18.2 Å². The summed E-state index contributed by atoms with van der Waals surface area (Å²) in [6, 6.07) is 6.49. The van der Waals surface area contributed by atoms with E-state index < -0.39 is 0 Å². The first-order chi connectivity index (χ1) is 7.34. The Kier molecular flexibility index (Phi) is 1.93. The fourth-order valence-electron chi connectivity index (χ4n) is 2.51. The van der Waals surface area contributed by atoms with Gasteiger partial charge in [0.1, 0.15) is 6.29 Å². The van der Waals surface area contributed by atoms with Crippen LogP contribution in [0, 0.1) is 0 Å². The molecule has 0 atom stereocenters. The van der Waals surface area contributed by atoms with E-state index in [-0.39, 0.29) is 5.41 Å². The van der Waals surface area contributed by atoms with Gasteiger partial charge in [0, 0.05) is 0 Å². The highest BCUT2D eigenvalue weighted by molar-refractivity contribution is 5.71. The van der Waals surface area contributed by atoms with Crippen molar-refractivity contribution in [2.45, 2.75) is 24.7 Å². The molecule has 0 amide bonds. The maximum Gasteiger partial charge on any atom is 0.135 e. The molecule has 2 nitrogen and oxygen atoms in total. The topological polar surface area (TPSA) is 26.3 Å². The summed E-state index contributed by atoms with van der Waals surface area (Å²) in [4.78, 5) is 11.1. The van der Waals surface area contributed by atoms with Crippen molar-refractivity contribution in [1.82, 2.24) is 0 Å². The monoisotopic (exact) mass is 202 g/mol. The summed E-state index contributed by atoms with van der Waals surface area (Å²) in [5.74, 6) is 0. The van der Waals surface area contributed by atoms with Crippen molar-refractivity contribution in [1.29, 1.82) is 0 Å². The van der Waals surface area contributed by atoms with Gasteiger partial charge in [-0.25, -0.2) is 0 Å². The molecule has 1 aromatic carbocycles. The van der Waals surface area contributed by atoms with Gasteiger partial charge in [0.05, 0.1) is 18.6 Å². The highest BCUT2D eigenvalue weighted by atomic mass is 16.5. The number of ether oxygens (including phenoxy) is 1. The first kappa shape index (κ1) is 9.10. The predicted molar refractivity (Wildman–Crippen MR) is 57.0 cm³/mol. The van der Waals surface area contributed by atoms with Crippen molar-refractivity contribution in [2.24, 2.45) is 0 Å². The van der Waals surface area contributed by atoms with Gasteiger partial charge in [0.15, 0.2) is 0 Å².